The number of carbonyl (C=O) groups is 1. The van der Waals surface area contributed by atoms with Gasteiger partial charge in [-0.3, -0.25) is 9.69 Å². The summed E-state index contributed by atoms with van der Waals surface area (Å²) < 4.78 is 0. The third kappa shape index (κ3) is 6.26. The number of hydrogen-bond donors (Lipinski definition) is 1. The van der Waals surface area contributed by atoms with Crippen molar-refractivity contribution in [2.75, 3.05) is 37.7 Å². The number of rotatable bonds is 8. The Bertz CT molecular complexity index is 1090. The van der Waals surface area contributed by atoms with Crippen molar-refractivity contribution in [1.29, 1.82) is 0 Å². The first-order valence-electron chi connectivity index (χ1n) is 12.7. The first-order valence-corrected chi connectivity index (χ1v) is 13.4. The third-order valence-corrected chi connectivity index (χ3v) is 8.43. The van der Waals surface area contributed by atoms with Gasteiger partial charge in [-0.1, -0.05) is 41.4 Å². The summed E-state index contributed by atoms with van der Waals surface area (Å²) in [4.78, 5) is 26.4. The number of amides is 1. The second-order valence-corrected chi connectivity index (χ2v) is 10.9. The van der Waals surface area contributed by atoms with Gasteiger partial charge in [-0.05, 0) is 93.6 Å². The van der Waals surface area contributed by atoms with Gasteiger partial charge in [0.1, 0.15) is 0 Å². The number of anilines is 1. The Morgan fingerprint density at radius 3 is 2.56 bits per heavy atom. The normalized spacial score (nSPS) is 20.4. The van der Waals surface area contributed by atoms with Gasteiger partial charge in [-0.2, -0.15) is 0 Å². The fraction of sp³-hybridized carbons (Fsp3) is 0.519. The molecule has 194 valence electrons. The molecule has 7 nitrogen and oxygen atoms in total. The minimum Gasteiger partial charge on any atom is -0.302 e. The monoisotopic (exact) mass is 531 g/mol. The summed E-state index contributed by atoms with van der Waals surface area (Å²) in [6.07, 6.45) is 3.47. The first-order chi connectivity index (χ1) is 17.3. The fourth-order valence-corrected chi connectivity index (χ4v) is 6.13. The average molecular weight is 533 g/mol. The van der Waals surface area contributed by atoms with Crippen LogP contribution >= 0.6 is 23.2 Å². The van der Waals surface area contributed by atoms with Crippen molar-refractivity contribution >= 4 is 34.8 Å². The molecule has 2 aromatic carbocycles. The van der Waals surface area contributed by atoms with E-state index >= 15 is 0 Å². The number of aryl methyl sites for hydroxylation is 1. The Kier molecular flexibility index (Phi) is 9.01. The van der Waals surface area contributed by atoms with Gasteiger partial charge in [-0.25, -0.2) is 5.84 Å². The van der Waals surface area contributed by atoms with E-state index in [4.69, 9.17) is 29.0 Å². The molecule has 1 unspecified atom stereocenters. The van der Waals surface area contributed by atoms with E-state index in [-0.39, 0.29) is 12.5 Å². The van der Waals surface area contributed by atoms with Crippen molar-refractivity contribution < 1.29 is 4.79 Å². The van der Waals surface area contributed by atoms with Crippen LogP contribution in [0.25, 0.3) is 0 Å². The summed E-state index contributed by atoms with van der Waals surface area (Å²) in [7, 11) is 0. The van der Waals surface area contributed by atoms with Crippen LogP contribution in [-0.2, 0) is 4.79 Å². The summed E-state index contributed by atoms with van der Waals surface area (Å²) in [5, 5.41) is 5.55. The number of halogens is 2. The van der Waals surface area contributed by atoms with Crippen LogP contribution in [0.4, 0.5) is 5.69 Å². The summed E-state index contributed by atoms with van der Waals surface area (Å²) in [5.74, 6) is 6.47. The zero-order chi connectivity index (χ0) is 25.8. The van der Waals surface area contributed by atoms with Gasteiger partial charge in [0.05, 0.1) is 16.8 Å². The maximum atomic E-state index is 11.2. The molecule has 36 heavy (non-hydrogen) atoms. The number of nitrogens with zero attached hydrogens (tertiary/aromatic N) is 4. The molecule has 2 aromatic rings. The van der Waals surface area contributed by atoms with Crippen molar-refractivity contribution in [1.82, 2.24) is 9.80 Å². The van der Waals surface area contributed by atoms with Gasteiger partial charge < -0.3 is 9.91 Å². The molecule has 4 rings (SSSR count). The number of hydrogen-bond acceptors (Lipinski definition) is 6. The molecule has 0 spiro atoms. The Balaban J connectivity index is 1.36. The van der Waals surface area contributed by atoms with E-state index in [1.54, 1.807) is 5.01 Å². The summed E-state index contributed by atoms with van der Waals surface area (Å²) in [6.45, 7) is 8.66. The van der Waals surface area contributed by atoms with E-state index in [9.17, 15) is 9.70 Å². The molecule has 0 bridgehead atoms. The predicted molar refractivity (Wildman–Crippen MR) is 147 cm³/mol. The molecular weight excluding hydrogens is 497 g/mol. The van der Waals surface area contributed by atoms with Gasteiger partial charge in [0.15, 0.2) is 0 Å². The van der Waals surface area contributed by atoms with E-state index in [0.717, 1.165) is 62.3 Å². The van der Waals surface area contributed by atoms with Crippen LogP contribution in [0.5, 0.6) is 0 Å². The number of nitroso groups, excluding NO2 is 1. The second kappa shape index (κ2) is 12.0. The zero-order valence-corrected chi connectivity index (χ0v) is 22.5. The average Bonchev–Trinajstić information content (AvgIpc) is 3.36. The van der Waals surface area contributed by atoms with Crippen LogP contribution in [0, 0.1) is 11.8 Å². The molecule has 0 aromatic heterocycles. The smallest absolute Gasteiger partial charge is 0.287 e. The molecule has 9 heteroatoms. The van der Waals surface area contributed by atoms with E-state index in [0.29, 0.717) is 28.5 Å². The minimum absolute atomic E-state index is 0.129. The Labute approximate surface area is 223 Å². The molecule has 2 aliphatic heterocycles. The van der Waals surface area contributed by atoms with Crippen LogP contribution in [0.1, 0.15) is 61.3 Å². The fourth-order valence-electron chi connectivity index (χ4n) is 5.52. The number of carbonyl (C=O) groups excluding carboxylic acids is 1. The number of hydrazine groups is 1. The highest BCUT2D eigenvalue weighted by molar-refractivity contribution is 6.33. The summed E-state index contributed by atoms with van der Waals surface area (Å²) in [5.41, 5.74) is 4.16. The predicted octanol–water partition coefficient (Wildman–Crippen LogP) is 5.68. The standard InChI is InChI=1S/C27H35Cl2N5O2/c1-18-3-5-23(25(29)15-18)19(2)34(30)26-16-21(4-6-24(26)28)20-7-13-33(14-8-20)22-9-11-32(17-22)12-10-27(35)31-36/h3-6,15-16,19-20,22H,7-14,17,30H2,1-2H3/t19-,22?/m1/s1. The van der Waals surface area contributed by atoms with Crippen molar-refractivity contribution in [3.8, 4) is 0 Å². The van der Waals surface area contributed by atoms with E-state index in [1.165, 1.54) is 5.56 Å². The minimum atomic E-state index is -0.561. The van der Waals surface area contributed by atoms with Gasteiger partial charge in [-0.15, -0.1) is 4.91 Å². The van der Waals surface area contributed by atoms with Crippen molar-refractivity contribution in [3.05, 3.63) is 68.0 Å². The molecule has 2 atom stereocenters. The molecule has 2 saturated heterocycles. The highest BCUT2D eigenvalue weighted by atomic mass is 35.5. The topological polar surface area (TPSA) is 82.2 Å². The van der Waals surface area contributed by atoms with Gasteiger partial charge in [0, 0.05) is 35.8 Å². The Hall–Kier alpha value is -2.03. The highest BCUT2D eigenvalue weighted by Gasteiger charge is 2.31. The molecule has 0 saturated carbocycles. The summed E-state index contributed by atoms with van der Waals surface area (Å²) in [6, 6.07) is 12.6. The SMILES string of the molecule is Cc1ccc([C@@H](C)N(N)c2cc(C3CCN(C4CCN(CCC(=O)N=O)C4)CC3)ccc2Cl)c(Cl)c1. The molecule has 0 aliphatic carbocycles. The molecule has 2 fully saturated rings. The van der Waals surface area contributed by atoms with Crippen LogP contribution in [0.15, 0.2) is 41.6 Å². The second-order valence-electron chi connectivity index (χ2n) is 10.1. The molecule has 1 amide bonds. The van der Waals surface area contributed by atoms with E-state index in [2.05, 4.69) is 27.1 Å². The zero-order valence-electron chi connectivity index (χ0n) is 21.0. The van der Waals surface area contributed by atoms with Crippen LogP contribution in [0.2, 0.25) is 10.0 Å². The van der Waals surface area contributed by atoms with Gasteiger partial charge >= 0.3 is 0 Å². The van der Waals surface area contributed by atoms with E-state index in [1.807, 2.05) is 38.1 Å². The van der Waals surface area contributed by atoms with Gasteiger partial charge in [0.2, 0.25) is 0 Å². The van der Waals surface area contributed by atoms with Crippen molar-refractivity contribution in [3.63, 3.8) is 0 Å². The molecule has 2 heterocycles. The lowest BCUT2D eigenvalue weighted by Crippen LogP contribution is -2.42. The molecule has 0 radical (unpaired) electrons. The largest absolute Gasteiger partial charge is 0.302 e. The highest BCUT2D eigenvalue weighted by Crippen LogP contribution is 2.37. The Morgan fingerprint density at radius 1 is 1.11 bits per heavy atom. The maximum absolute atomic E-state index is 11.2. The lowest BCUT2D eigenvalue weighted by Gasteiger charge is -2.36. The summed E-state index contributed by atoms with van der Waals surface area (Å²) >= 11 is 13.1. The van der Waals surface area contributed by atoms with Crippen LogP contribution in [-0.4, -0.2) is 54.5 Å². The number of likely N-dealkylation sites (tertiary alicyclic amines) is 2. The maximum Gasteiger partial charge on any atom is 0.287 e. The quantitative estimate of drug-likeness (QED) is 0.268. The molecule has 2 aliphatic rings. The first kappa shape index (κ1) is 27.0. The number of benzene rings is 2. The van der Waals surface area contributed by atoms with Gasteiger partial charge in [0.25, 0.3) is 5.91 Å². The lowest BCUT2D eigenvalue weighted by atomic mass is 9.88. The Morgan fingerprint density at radius 2 is 1.86 bits per heavy atom. The van der Waals surface area contributed by atoms with E-state index < -0.39 is 5.91 Å². The number of piperidine rings is 1. The van der Waals surface area contributed by atoms with Crippen LogP contribution in [0.3, 0.4) is 0 Å². The molecule has 2 N–H and O–H groups in total. The third-order valence-electron chi connectivity index (χ3n) is 7.78. The molecular formula is C27H35Cl2N5O2. The van der Waals surface area contributed by atoms with Crippen molar-refractivity contribution in [2.24, 2.45) is 11.0 Å². The van der Waals surface area contributed by atoms with Crippen LogP contribution < -0.4 is 10.9 Å². The lowest BCUT2D eigenvalue weighted by molar-refractivity contribution is -0.118. The van der Waals surface area contributed by atoms with Crippen molar-refractivity contribution in [2.45, 2.75) is 57.5 Å². The number of nitrogens with two attached hydrogens (primary N) is 1.